The molecule has 1 fully saturated rings. The number of nitrogens with zero attached hydrogens (tertiary/aromatic N) is 5. The average molecular weight is 540 g/mol. The zero-order valence-electron chi connectivity index (χ0n) is 23.1. The number of aliphatic imine (C=N–C) groups is 1. The second-order valence-electron chi connectivity index (χ2n) is 9.54. The summed E-state index contributed by atoms with van der Waals surface area (Å²) in [5.41, 5.74) is 6.02. The highest BCUT2D eigenvalue weighted by atomic mass is 16.5. The highest BCUT2D eigenvalue weighted by molar-refractivity contribution is 6.06. The van der Waals surface area contributed by atoms with Crippen LogP contribution in [0.1, 0.15) is 30.1 Å². The van der Waals surface area contributed by atoms with Crippen molar-refractivity contribution < 1.29 is 23.8 Å². The van der Waals surface area contributed by atoms with Gasteiger partial charge in [-0.05, 0) is 64.2 Å². The van der Waals surface area contributed by atoms with Crippen LogP contribution in [0.4, 0.5) is 5.82 Å². The number of nitrogens with one attached hydrogen (secondary N) is 1. The van der Waals surface area contributed by atoms with E-state index in [4.69, 9.17) is 19.9 Å². The number of rotatable bonds is 14. The lowest BCUT2D eigenvalue weighted by atomic mass is 10.2. The van der Waals surface area contributed by atoms with Crippen molar-refractivity contribution in [2.24, 2.45) is 16.6 Å². The van der Waals surface area contributed by atoms with E-state index >= 15 is 0 Å². The summed E-state index contributed by atoms with van der Waals surface area (Å²) in [4.78, 5) is 41.8. The van der Waals surface area contributed by atoms with E-state index in [-0.39, 0.29) is 35.8 Å². The van der Waals surface area contributed by atoms with Gasteiger partial charge < -0.3 is 30.2 Å². The van der Waals surface area contributed by atoms with Crippen LogP contribution in [-0.4, -0.2) is 86.6 Å². The molecule has 1 aromatic heterocycles. The molecule has 1 unspecified atom stereocenters. The Morgan fingerprint density at radius 3 is 2.56 bits per heavy atom. The predicted octanol–water partition coefficient (Wildman–Crippen LogP) is 2.22. The Morgan fingerprint density at radius 1 is 1.21 bits per heavy atom. The maximum Gasteiger partial charge on any atom is 0.279 e. The average Bonchev–Trinajstić information content (AvgIpc) is 3.70. The van der Waals surface area contributed by atoms with E-state index in [1.165, 1.54) is 24.5 Å². The first-order valence-corrected chi connectivity index (χ1v) is 12.7. The van der Waals surface area contributed by atoms with Crippen molar-refractivity contribution in [1.29, 1.82) is 0 Å². The molecule has 210 valence electrons. The first-order chi connectivity index (χ1) is 18.7. The van der Waals surface area contributed by atoms with Crippen LogP contribution in [0.5, 0.6) is 17.4 Å². The van der Waals surface area contributed by atoms with Crippen LogP contribution in [-0.2, 0) is 9.53 Å². The molecule has 3 N–H and O–H groups in total. The first kappa shape index (κ1) is 29.5. The number of nitrogens with two attached hydrogens (primary N) is 1. The van der Waals surface area contributed by atoms with Gasteiger partial charge in [0.1, 0.15) is 23.4 Å². The molecule has 1 aliphatic carbocycles. The lowest BCUT2D eigenvalue weighted by Crippen LogP contribution is -2.39. The molecule has 0 aliphatic heterocycles. The second kappa shape index (κ2) is 14.2. The van der Waals surface area contributed by atoms with Crippen LogP contribution in [0.25, 0.3) is 0 Å². The molecule has 0 saturated heterocycles. The molecule has 1 atom stereocenters. The van der Waals surface area contributed by atoms with E-state index < -0.39 is 5.91 Å². The topological polar surface area (TPSA) is 144 Å². The summed E-state index contributed by atoms with van der Waals surface area (Å²) in [7, 11) is 6.98. The van der Waals surface area contributed by atoms with Gasteiger partial charge >= 0.3 is 0 Å². The van der Waals surface area contributed by atoms with Crippen molar-refractivity contribution in [3.63, 3.8) is 0 Å². The largest absolute Gasteiger partial charge is 0.488 e. The number of benzene rings is 1. The Balaban J connectivity index is 1.84. The van der Waals surface area contributed by atoms with Gasteiger partial charge in [-0.3, -0.25) is 14.5 Å². The van der Waals surface area contributed by atoms with Gasteiger partial charge in [0.25, 0.3) is 5.91 Å². The summed E-state index contributed by atoms with van der Waals surface area (Å²) >= 11 is 0. The van der Waals surface area contributed by atoms with E-state index in [2.05, 4.69) is 20.3 Å². The van der Waals surface area contributed by atoms with Crippen LogP contribution in [0.3, 0.4) is 0 Å². The third kappa shape index (κ3) is 9.65. The highest BCUT2D eigenvalue weighted by Gasteiger charge is 2.28. The van der Waals surface area contributed by atoms with E-state index in [9.17, 15) is 9.59 Å². The predicted molar refractivity (Wildman–Crippen MR) is 148 cm³/mol. The van der Waals surface area contributed by atoms with Crippen LogP contribution in [0.2, 0.25) is 0 Å². The Bertz CT molecular complexity index is 1180. The molecule has 1 aliphatic rings. The first-order valence-electron chi connectivity index (χ1n) is 12.7. The Morgan fingerprint density at radius 2 is 1.95 bits per heavy atom. The van der Waals surface area contributed by atoms with Crippen LogP contribution in [0, 0.1) is 5.92 Å². The van der Waals surface area contributed by atoms with Gasteiger partial charge in [0.2, 0.25) is 11.8 Å². The fourth-order valence-corrected chi connectivity index (χ4v) is 3.57. The number of amides is 2. The number of hydrogen-bond acceptors (Lipinski definition) is 9. The van der Waals surface area contributed by atoms with Gasteiger partial charge in [-0.2, -0.15) is 4.99 Å². The monoisotopic (exact) mass is 539 g/mol. The van der Waals surface area contributed by atoms with Gasteiger partial charge in [-0.25, -0.2) is 9.97 Å². The van der Waals surface area contributed by atoms with E-state index in [1.807, 2.05) is 25.9 Å². The minimum Gasteiger partial charge on any atom is -0.488 e. The summed E-state index contributed by atoms with van der Waals surface area (Å²) in [6.07, 6.45) is 7.92. The van der Waals surface area contributed by atoms with E-state index in [0.717, 1.165) is 12.8 Å². The van der Waals surface area contributed by atoms with Gasteiger partial charge in [0.15, 0.2) is 5.82 Å². The summed E-state index contributed by atoms with van der Waals surface area (Å²) in [6.45, 7) is 3.08. The lowest BCUT2D eigenvalue weighted by molar-refractivity contribution is -0.119. The molecular weight excluding hydrogens is 502 g/mol. The summed E-state index contributed by atoms with van der Waals surface area (Å²) < 4.78 is 17.0. The Labute approximate surface area is 228 Å². The molecule has 2 aromatic rings. The van der Waals surface area contributed by atoms with Crippen molar-refractivity contribution in [1.82, 2.24) is 20.2 Å². The molecule has 3 rings (SSSR count). The van der Waals surface area contributed by atoms with Crippen LogP contribution >= 0.6 is 0 Å². The molecule has 0 spiro atoms. The number of carbonyl (C=O) groups excluding carboxylic acids is 2. The molecular formula is C27H37N7O5. The third-order valence-electron chi connectivity index (χ3n) is 5.52. The molecule has 0 bridgehead atoms. The van der Waals surface area contributed by atoms with Crippen LogP contribution in [0.15, 0.2) is 47.9 Å². The van der Waals surface area contributed by atoms with Gasteiger partial charge in [0, 0.05) is 32.3 Å². The van der Waals surface area contributed by atoms with Gasteiger partial charge in [-0.1, -0.05) is 0 Å². The highest BCUT2D eigenvalue weighted by Crippen LogP contribution is 2.32. The van der Waals surface area contributed by atoms with Crippen molar-refractivity contribution in [3.8, 4) is 17.4 Å². The SMILES string of the molecule is CN/C=C\C(N)=NC(=O)c1cc(Oc2cnc(N(CC3CC3)C(=O)CN(C)C)cn2)cc(OC(C)COC)c1. The number of ether oxygens (including phenoxy) is 3. The van der Waals surface area contributed by atoms with Gasteiger partial charge in [-0.15, -0.1) is 0 Å². The maximum absolute atomic E-state index is 12.8. The van der Waals surface area contributed by atoms with E-state index in [1.54, 1.807) is 37.4 Å². The number of likely N-dealkylation sites (N-methyl/N-ethyl adjacent to an activating group) is 1. The van der Waals surface area contributed by atoms with Crippen molar-refractivity contribution >= 4 is 23.5 Å². The zero-order chi connectivity index (χ0) is 28.4. The molecule has 1 aromatic carbocycles. The molecule has 1 heterocycles. The van der Waals surface area contributed by atoms with Crippen molar-refractivity contribution in [2.45, 2.75) is 25.9 Å². The molecule has 0 radical (unpaired) electrons. The Kier molecular flexibility index (Phi) is 10.8. The number of amidine groups is 1. The van der Waals surface area contributed by atoms with Crippen LogP contribution < -0.4 is 25.4 Å². The minimum absolute atomic E-state index is 0.0388. The standard InChI is InChI=1S/C27H37N7O5/c1-18(17-37-5)38-21-10-20(27(36)32-23(28)8-9-29-2)11-22(12-21)39-25-14-30-24(13-31-25)34(15-19-6-7-19)26(35)16-33(3)4/h8-14,18-19,29H,6-7,15-17H2,1-5H3,(H2,28,32,36)/b9-8-. The summed E-state index contributed by atoms with van der Waals surface area (Å²) in [5.74, 6) is 1.23. The number of hydrogen-bond donors (Lipinski definition) is 2. The fourth-order valence-electron chi connectivity index (χ4n) is 3.57. The normalized spacial score (nSPS) is 14.4. The van der Waals surface area contributed by atoms with Crippen molar-refractivity contribution in [2.75, 3.05) is 52.8 Å². The number of anilines is 1. The van der Waals surface area contributed by atoms with Crippen molar-refractivity contribution in [3.05, 3.63) is 48.4 Å². The third-order valence-corrected chi connectivity index (χ3v) is 5.52. The fraction of sp³-hybridized carbons (Fsp3) is 0.444. The number of aromatic nitrogens is 2. The maximum atomic E-state index is 12.8. The van der Waals surface area contributed by atoms with E-state index in [0.29, 0.717) is 36.4 Å². The minimum atomic E-state index is -0.570. The molecule has 2 amide bonds. The zero-order valence-corrected chi connectivity index (χ0v) is 23.1. The lowest BCUT2D eigenvalue weighted by Gasteiger charge is -2.23. The number of carbonyl (C=O) groups is 2. The molecule has 12 heteroatoms. The smallest absolute Gasteiger partial charge is 0.279 e. The molecule has 12 nitrogen and oxygen atoms in total. The number of methoxy groups -OCH3 is 1. The quantitative estimate of drug-likeness (QED) is 0.271. The Hall–Kier alpha value is -4.03. The summed E-state index contributed by atoms with van der Waals surface area (Å²) in [5, 5.41) is 2.79. The molecule has 1 saturated carbocycles. The molecule has 39 heavy (non-hydrogen) atoms. The van der Waals surface area contributed by atoms with Gasteiger partial charge in [0.05, 0.1) is 25.5 Å². The summed E-state index contributed by atoms with van der Waals surface area (Å²) in [6, 6.07) is 4.71. The second-order valence-corrected chi connectivity index (χ2v) is 9.54.